The summed E-state index contributed by atoms with van der Waals surface area (Å²) in [5.41, 5.74) is 7.79. The molecule has 0 fully saturated rings. The molecule has 5 heteroatoms. The summed E-state index contributed by atoms with van der Waals surface area (Å²) in [4.78, 5) is 4.12. The van der Waals surface area contributed by atoms with E-state index >= 15 is 0 Å². The minimum atomic E-state index is -0.0765. The zero-order valence-corrected chi connectivity index (χ0v) is 11.5. The van der Waals surface area contributed by atoms with Crippen molar-refractivity contribution in [1.29, 1.82) is 5.41 Å². The van der Waals surface area contributed by atoms with E-state index in [2.05, 4.69) is 4.98 Å². The summed E-state index contributed by atoms with van der Waals surface area (Å²) in [6.45, 7) is 3.81. The van der Waals surface area contributed by atoms with Gasteiger partial charge in [-0.05, 0) is 49.2 Å². The van der Waals surface area contributed by atoms with E-state index in [-0.39, 0.29) is 5.84 Å². The van der Waals surface area contributed by atoms with Crippen molar-refractivity contribution >= 4 is 17.4 Å². The maximum Gasteiger partial charge on any atom is 0.230 e. The van der Waals surface area contributed by atoms with Crippen molar-refractivity contribution in [3.63, 3.8) is 0 Å². The Kier molecular flexibility index (Phi) is 3.71. The molecule has 2 rings (SSSR count). The van der Waals surface area contributed by atoms with Crippen LogP contribution in [0.5, 0.6) is 11.6 Å². The van der Waals surface area contributed by atoms with Crippen LogP contribution in [0.15, 0.2) is 30.5 Å². The van der Waals surface area contributed by atoms with Gasteiger partial charge in [-0.2, -0.15) is 0 Å². The van der Waals surface area contributed by atoms with Crippen LogP contribution < -0.4 is 10.5 Å². The van der Waals surface area contributed by atoms with Gasteiger partial charge in [0.1, 0.15) is 11.6 Å². The number of amidine groups is 1. The molecule has 2 aromatic rings. The van der Waals surface area contributed by atoms with E-state index in [1.807, 2.05) is 26.0 Å². The van der Waals surface area contributed by atoms with Gasteiger partial charge in [-0.3, -0.25) is 5.41 Å². The largest absolute Gasteiger partial charge is 0.438 e. The summed E-state index contributed by atoms with van der Waals surface area (Å²) in [7, 11) is 0. The van der Waals surface area contributed by atoms with Gasteiger partial charge in [0.05, 0.1) is 5.56 Å². The van der Waals surface area contributed by atoms with Gasteiger partial charge in [-0.25, -0.2) is 4.98 Å². The molecule has 0 saturated carbocycles. The van der Waals surface area contributed by atoms with Crippen molar-refractivity contribution in [3.8, 4) is 11.6 Å². The van der Waals surface area contributed by atoms with Crippen LogP contribution in [0.1, 0.15) is 16.7 Å². The van der Waals surface area contributed by atoms with Crippen LogP contribution in [0, 0.1) is 19.3 Å². The van der Waals surface area contributed by atoms with E-state index in [1.165, 1.54) is 0 Å². The van der Waals surface area contributed by atoms with Crippen LogP contribution in [0.2, 0.25) is 5.02 Å². The standard InChI is InChI=1S/C14H14ClN3O/c1-8-6-10(15)7-9(2)12(8)19-14-11(13(16)17)4-3-5-18-14/h3-7H,1-2H3,(H3,16,17). The highest BCUT2D eigenvalue weighted by molar-refractivity contribution is 6.30. The first kappa shape index (κ1) is 13.4. The number of hydrogen-bond acceptors (Lipinski definition) is 3. The third-order valence-electron chi connectivity index (χ3n) is 2.69. The Labute approximate surface area is 116 Å². The highest BCUT2D eigenvalue weighted by atomic mass is 35.5. The van der Waals surface area contributed by atoms with Gasteiger partial charge in [0.2, 0.25) is 5.88 Å². The van der Waals surface area contributed by atoms with Gasteiger partial charge in [-0.15, -0.1) is 0 Å². The Bertz CT molecular complexity index is 617. The molecule has 0 aliphatic heterocycles. The summed E-state index contributed by atoms with van der Waals surface area (Å²) in [5.74, 6) is 0.932. The van der Waals surface area contributed by atoms with Gasteiger partial charge in [0.25, 0.3) is 0 Å². The maximum absolute atomic E-state index is 7.52. The SMILES string of the molecule is Cc1cc(Cl)cc(C)c1Oc1ncccc1C(=N)N. The minimum Gasteiger partial charge on any atom is -0.438 e. The molecule has 3 N–H and O–H groups in total. The highest BCUT2D eigenvalue weighted by Crippen LogP contribution is 2.31. The highest BCUT2D eigenvalue weighted by Gasteiger charge is 2.12. The van der Waals surface area contributed by atoms with Crippen LogP contribution in [0.3, 0.4) is 0 Å². The first-order valence-corrected chi connectivity index (χ1v) is 6.11. The molecule has 0 amide bonds. The van der Waals surface area contributed by atoms with Gasteiger partial charge in [-0.1, -0.05) is 11.6 Å². The molecule has 0 saturated heterocycles. The van der Waals surface area contributed by atoms with Crippen LogP contribution in [-0.2, 0) is 0 Å². The molecule has 0 radical (unpaired) electrons. The average molecular weight is 276 g/mol. The Balaban J connectivity index is 2.45. The van der Waals surface area contributed by atoms with E-state index in [0.717, 1.165) is 11.1 Å². The van der Waals surface area contributed by atoms with Gasteiger partial charge < -0.3 is 10.5 Å². The van der Waals surface area contributed by atoms with Crippen LogP contribution in [0.4, 0.5) is 0 Å². The smallest absolute Gasteiger partial charge is 0.230 e. The number of benzene rings is 1. The van der Waals surface area contributed by atoms with Gasteiger partial charge >= 0.3 is 0 Å². The number of aryl methyl sites for hydroxylation is 2. The summed E-state index contributed by atoms with van der Waals surface area (Å²) >= 11 is 5.98. The average Bonchev–Trinajstić information content (AvgIpc) is 2.34. The number of nitrogens with one attached hydrogen (secondary N) is 1. The second-order valence-corrected chi connectivity index (χ2v) is 4.68. The van der Waals surface area contributed by atoms with E-state index in [1.54, 1.807) is 18.3 Å². The number of nitrogen functional groups attached to an aromatic ring is 1. The Morgan fingerprint density at radius 3 is 2.53 bits per heavy atom. The monoisotopic (exact) mass is 275 g/mol. The first-order valence-electron chi connectivity index (χ1n) is 5.73. The second-order valence-electron chi connectivity index (χ2n) is 4.24. The second kappa shape index (κ2) is 5.28. The fourth-order valence-corrected chi connectivity index (χ4v) is 2.16. The lowest BCUT2D eigenvalue weighted by atomic mass is 10.1. The molecular weight excluding hydrogens is 262 g/mol. The molecule has 1 aromatic heterocycles. The molecule has 0 unspecified atom stereocenters. The molecule has 4 nitrogen and oxygen atoms in total. The molecule has 0 aliphatic rings. The van der Waals surface area contributed by atoms with Crippen molar-refractivity contribution in [3.05, 3.63) is 52.2 Å². The van der Waals surface area contributed by atoms with Crippen LogP contribution >= 0.6 is 11.6 Å². The van der Waals surface area contributed by atoms with Gasteiger partial charge in [0, 0.05) is 11.2 Å². The quantitative estimate of drug-likeness (QED) is 0.666. The number of ether oxygens (including phenoxy) is 1. The third kappa shape index (κ3) is 2.85. The zero-order valence-electron chi connectivity index (χ0n) is 10.7. The molecule has 1 heterocycles. The molecule has 0 atom stereocenters. The Morgan fingerprint density at radius 1 is 1.32 bits per heavy atom. The maximum atomic E-state index is 7.52. The molecule has 1 aromatic carbocycles. The summed E-state index contributed by atoms with van der Waals surface area (Å²) < 4.78 is 5.80. The summed E-state index contributed by atoms with van der Waals surface area (Å²) in [6, 6.07) is 7.05. The third-order valence-corrected chi connectivity index (χ3v) is 2.90. The number of aromatic nitrogens is 1. The van der Waals surface area contributed by atoms with E-state index in [4.69, 9.17) is 27.5 Å². The van der Waals surface area contributed by atoms with Crippen LogP contribution in [0.25, 0.3) is 0 Å². The van der Waals surface area contributed by atoms with Crippen molar-refractivity contribution < 1.29 is 4.74 Å². The van der Waals surface area contributed by atoms with Gasteiger partial charge in [0.15, 0.2) is 0 Å². The molecule has 98 valence electrons. The van der Waals surface area contributed by atoms with E-state index in [0.29, 0.717) is 22.2 Å². The Morgan fingerprint density at radius 2 is 1.95 bits per heavy atom. The molecule has 0 spiro atoms. The van der Waals surface area contributed by atoms with Crippen molar-refractivity contribution in [2.24, 2.45) is 5.73 Å². The van der Waals surface area contributed by atoms with E-state index < -0.39 is 0 Å². The molecular formula is C14H14ClN3O. The zero-order chi connectivity index (χ0) is 14.0. The minimum absolute atomic E-state index is 0.0765. The lowest BCUT2D eigenvalue weighted by molar-refractivity contribution is 0.455. The number of nitrogens with two attached hydrogens (primary N) is 1. The first-order chi connectivity index (χ1) is 8.99. The fourth-order valence-electron chi connectivity index (χ4n) is 1.83. The number of rotatable bonds is 3. The van der Waals surface area contributed by atoms with Crippen molar-refractivity contribution in [2.75, 3.05) is 0 Å². The number of pyridine rings is 1. The summed E-state index contributed by atoms with van der Waals surface area (Å²) in [5, 5.41) is 8.18. The molecule has 0 aliphatic carbocycles. The van der Waals surface area contributed by atoms with Crippen LogP contribution in [-0.4, -0.2) is 10.8 Å². The topological polar surface area (TPSA) is 72.0 Å². The lowest BCUT2D eigenvalue weighted by Crippen LogP contribution is -2.13. The fraction of sp³-hybridized carbons (Fsp3) is 0.143. The lowest BCUT2D eigenvalue weighted by Gasteiger charge is -2.13. The normalized spacial score (nSPS) is 10.3. The molecule has 0 bridgehead atoms. The van der Waals surface area contributed by atoms with Crippen molar-refractivity contribution in [1.82, 2.24) is 4.98 Å². The predicted octanol–water partition coefficient (Wildman–Crippen LogP) is 3.43. The predicted molar refractivity (Wildman–Crippen MR) is 76.3 cm³/mol. The van der Waals surface area contributed by atoms with E-state index in [9.17, 15) is 0 Å². The van der Waals surface area contributed by atoms with Crippen molar-refractivity contribution in [2.45, 2.75) is 13.8 Å². The molecule has 19 heavy (non-hydrogen) atoms. The number of halogens is 1. The summed E-state index contributed by atoms with van der Waals surface area (Å²) in [6.07, 6.45) is 1.60. The number of hydrogen-bond donors (Lipinski definition) is 2. The number of nitrogens with zero attached hydrogens (tertiary/aromatic N) is 1. The Hall–Kier alpha value is -2.07.